The van der Waals surface area contributed by atoms with Gasteiger partial charge in [-0.05, 0) is 30.7 Å². The molecular formula is C13H12FN3S. The fourth-order valence-corrected chi connectivity index (χ4v) is 2.94. The number of hydrogen-bond donors (Lipinski definition) is 2. The third kappa shape index (κ3) is 1.76. The van der Waals surface area contributed by atoms with Crippen LogP contribution in [0.4, 0.5) is 20.8 Å². The maximum atomic E-state index is 13.3. The van der Waals surface area contributed by atoms with E-state index in [2.05, 4.69) is 17.2 Å². The first-order valence-electron chi connectivity index (χ1n) is 5.71. The number of thiophene rings is 1. The van der Waals surface area contributed by atoms with Crippen LogP contribution in [0, 0.1) is 5.82 Å². The molecule has 0 fully saturated rings. The smallest absolute Gasteiger partial charge is 0.134 e. The number of aliphatic imine (C=N–C) groups is 1. The number of nitrogens with two attached hydrogens (primary N) is 1. The number of fused-ring (bicyclic) bond motifs is 2. The van der Waals surface area contributed by atoms with Gasteiger partial charge in [0.15, 0.2) is 0 Å². The summed E-state index contributed by atoms with van der Waals surface area (Å²) in [5, 5.41) is 4.14. The van der Waals surface area contributed by atoms with Crippen molar-refractivity contribution in [3.8, 4) is 0 Å². The summed E-state index contributed by atoms with van der Waals surface area (Å²) >= 11 is 1.63. The molecule has 0 atom stereocenters. The second kappa shape index (κ2) is 4.10. The van der Waals surface area contributed by atoms with Gasteiger partial charge in [0.2, 0.25) is 0 Å². The highest BCUT2D eigenvalue weighted by Crippen LogP contribution is 2.38. The number of nitrogens with one attached hydrogen (secondary N) is 1. The zero-order valence-electron chi connectivity index (χ0n) is 9.83. The molecule has 0 aliphatic carbocycles. The van der Waals surface area contributed by atoms with E-state index in [1.165, 1.54) is 17.0 Å². The number of halogens is 1. The van der Waals surface area contributed by atoms with Gasteiger partial charge in [0, 0.05) is 4.88 Å². The molecule has 3 nitrogen and oxygen atoms in total. The van der Waals surface area contributed by atoms with Crippen molar-refractivity contribution in [2.24, 2.45) is 10.7 Å². The highest BCUT2D eigenvalue weighted by atomic mass is 32.1. The van der Waals surface area contributed by atoms with Gasteiger partial charge >= 0.3 is 0 Å². The van der Waals surface area contributed by atoms with Crippen molar-refractivity contribution in [3.05, 3.63) is 40.5 Å². The van der Waals surface area contributed by atoms with Crippen molar-refractivity contribution in [3.63, 3.8) is 0 Å². The fraction of sp³-hybridized carbons (Fsp3) is 0.154. The molecule has 0 radical (unpaired) electrons. The second-order valence-corrected chi connectivity index (χ2v) is 5.23. The zero-order valence-corrected chi connectivity index (χ0v) is 10.6. The Labute approximate surface area is 108 Å². The Morgan fingerprint density at radius 1 is 1.39 bits per heavy atom. The van der Waals surface area contributed by atoms with E-state index < -0.39 is 0 Å². The molecular weight excluding hydrogens is 249 g/mol. The number of aryl methyl sites for hydroxylation is 1. The summed E-state index contributed by atoms with van der Waals surface area (Å²) in [5.41, 5.74) is 8.20. The molecule has 1 aliphatic heterocycles. The molecule has 0 amide bonds. The van der Waals surface area contributed by atoms with Crippen LogP contribution >= 0.6 is 11.3 Å². The van der Waals surface area contributed by atoms with Crippen LogP contribution in [0.3, 0.4) is 0 Å². The summed E-state index contributed by atoms with van der Waals surface area (Å²) < 4.78 is 13.3. The van der Waals surface area contributed by atoms with Crippen molar-refractivity contribution in [1.29, 1.82) is 0 Å². The Morgan fingerprint density at radius 2 is 2.22 bits per heavy atom. The van der Waals surface area contributed by atoms with Gasteiger partial charge in [0.1, 0.15) is 16.7 Å². The summed E-state index contributed by atoms with van der Waals surface area (Å²) in [6.45, 7) is 2.09. The minimum Gasteiger partial charge on any atom is -0.383 e. The van der Waals surface area contributed by atoms with Crippen molar-refractivity contribution in [2.75, 3.05) is 5.32 Å². The number of hydrogen-bond acceptors (Lipinski definition) is 4. The molecule has 0 saturated heterocycles. The molecule has 3 rings (SSSR count). The minimum atomic E-state index is -0.286. The normalized spacial score (nSPS) is 13.1. The SMILES string of the molecule is CCc1cc2c(s1)Nc1cc(F)ccc1N=C2N. The monoisotopic (exact) mass is 261 g/mol. The van der Waals surface area contributed by atoms with Gasteiger partial charge in [-0.25, -0.2) is 9.38 Å². The molecule has 0 unspecified atom stereocenters. The Morgan fingerprint density at radius 3 is 3.00 bits per heavy atom. The highest BCUT2D eigenvalue weighted by Gasteiger charge is 2.17. The third-order valence-electron chi connectivity index (χ3n) is 2.86. The molecule has 2 heterocycles. The van der Waals surface area contributed by atoms with E-state index in [0.29, 0.717) is 17.2 Å². The summed E-state index contributed by atoms with van der Waals surface area (Å²) in [7, 11) is 0. The summed E-state index contributed by atoms with van der Waals surface area (Å²) in [6.07, 6.45) is 0.947. The van der Waals surface area contributed by atoms with Crippen LogP contribution < -0.4 is 11.1 Å². The predicted molar refractivity (Wildman–Crippen MR) is 73.8 cm³/mol. The van der Waals surface area contributed by atoms with Crippen LogP contribution in [-0.4, -0.2) is 5.84 Å². The maximum absolute atomic E-state index is 13.3. The highest BCUT2D eigenvalue weighted by molar-refractivity contribution is 7.16. The van der Waals surface area contributed by atoms with E-state index in [1.807, 2.05) is 6.07 Å². The zero-order chi connectivity index (χ0) is 12.7. The lowest BCUT2D eigenvalue weighted by molar-refractivity contribution is 0.628. The Kier molecular flexibility index (Phi) is 2.56. The molecule has 1 aliphatic rings. The fourth-order valence-electron chi connectivity index (χ4n) is 1.92. The van der Waals surface area contributed by atoms with Crippen molar-refractivity contribution in [1.82, 2.24) is 0 Å². The van der Waals surface area contributed by atoms with E-state index in [-0.39, 0.29) is 5.82 Å². The summed E-state index contributed by atoms with van der Waals surface area (Å²) in [4.78, 5) is 5.57. The van der Waals surface area contributed by atoms with E-state index in [0.717, 1.165) is 17.0 Å². The first-order valence-corrected chi connectivity index (χ1v) is 6.53. The van der Waals surface area contributed by atoms with E-state index in [1.54, 1.807) is 17.4 Å². The van der Waals surface area contributed by atoms with Crippen molar-refractivity contribution >= 4 is 33.5 Å². The maximum Gasteiger partial charge on any atom is 0.134 e. The van der Waals surface area contributed by atoms with Gasteiger partial charge in [-0.1, -0.05) is 6.92 Å². The van der Waals surface area contributed by atoms with Crippen LogP contribution in [0.1, 0.15) is 17.4 Å². The molecule has 0 bridgehead atoms. The third-order valence-corrected chi connectivity index (χ3v) is 4.05. The molecule has 5 heteroatoms. The number of benzene rings is 1. The molecule has 1 aromatic heterocycles. The van der Waals surface area contributed by atoms with Gasteiger partial charge in [0.25, 0.3) is 0 Å². The molecule has 0 spiro atoms. The number of rotatable bonds is 1. The summed E-state index contributed by atoms with van der Waals surface area (Å²) in [6, 6.07) is 6.48. The molecule has 1 aromatic carbocycles. The number of amidine groups is 1. The minimum absolute atomic E-state index is 0.286. The number of anilines is 2. The van der Waals surface area contributed by atoms with E-state index >= 15 is 0 Å². The van der Waals surface area contributed by atoms with E-state index in [4.69, 9.17) is 5.73 Å². The van der Waals surface area contributed by atoms with Crippen LogP contribution in [-0.2, 0) is 6.42 Å². The largest absolute Gasteiger partial charge is 0.383 e. The van der Waals surface area contributed by atoms with Gasteiger partial charge in [-0.3, -0.25) is 0 Å². The second-order valence-electron chi connectivity index (χ2n) is 4.09. The number of nitrogens with zero attached hydrogens (tertiary/aromatic N) is 1. The lowest BCUT2D eigenvalue weighted by atomic mass is 10.2. The van der Waals surface area contributed by atoms with Crippen molar-refractivity contribution < 1.29 is 4.39 Å². The van der Waals surface area contributed by atoms with Gasteiger partial charge in [-0.15, -0.1) is 11.3 Å². The van der Waals surface area contributed by atoms with Crippen LogP contribution in [0.15, 0.2) is 29.3 Å². The topological polar surface area (TPSA) is 50.4 Å². The Hall–Kier alpha value is -1.88. The molecule has 18 heavy (non-hydrogen) atoms. The summed E-state index contributed by atoms with van der Waals surface area (Å²) in [5.74, 6) is 0.185. The first-order chi connectivity index (χ1) is 8.67. The van der Waals surface area contributed by atoms with Gasteiger partial charge in [-0.2, -0.15) is 0 Å². The van der Waals surface area contributed by atoms with Crippen molar-refractivity contribution in [2.45, 2.75) is 13.3 Å². The Balaban J connectivity index is 2.17. The quantitative estimate of drug-likeness (QED) is 0.824. The molecule has 2 aromatic rings. The van der Waals surface area contributed by atoms with Crippen LogP contribution in [0.25, 0.3) is 0 Å². The molecule has 0 saturated carbocycles. The van der Waals surface area contributed by atoms with Gasteiger partial charge in [0.05, 0.1) is 16.9 Å². The predicted octanol–water partition coefficient (Wildman–Crippen LogP) is 3.54. The van der Waals surface area contributed by atoms with Crippen LogP contribution in [0.5, 0.6) is 0 Å². The van der Waals surface area contributed by atoms with E-state index in [9.17, 15) is 4.39 Å². The lowest BCUT2D eigenvalue weighted by Crippen LogP contribution is -2.11. The average Bonchev–Trinajstić information content (AvgIpc) is 2.71. The molecule has 92 valence electrons. The first kappa shape index (κ1) is 11.2. The average molecular weight is 261 g/mol. The Bertz CT molecular complexity index is 646. The molecule has 3 N–H and O–H groups in total. The van der Waals surface area contributed by atoms with Gasteiger partial charge < -0.3 is 11.1 Å². The standard InChI is InChI=1S/C13H12FN3S/c1-2-8-6-9-12(15)16-10-4-3-7(14)5-11(10)17-13(9)18-8/h3-6,17H,2H2,1H3,(H2,15,16). The lowest BCUT2D eigenvalue weighted by Gasteiger charge is -2.05. The van der Waals surface area contributed by atoms with Crippen LogP contribution in [0.2, 0.25) is 0 Å².